The van der Waals surface area contributed by atoms with Crippen LogP contribution in [0.5, 0.6) is 5.75 Å². The van der Waals surface area contributed by atoms with E-state index in [9.17, 15) is 50.2 Å². The molecule has 190 valence electrons. The molecule has 1 aliphatic rings. The van der Waals surface area contributed by atoms with E-state index in [4.69, 9.17) is 4.74 Å². The molecule has 34 heavy (non-hydrogen) atoms. The number of aliphatic hydroxyl groups is 1. The van der Waals surface area contributed by atoms with Crippen molar-refractivity contribution in [1.82, 2.24) is 10.6 Å². The zero-order chi connectivity index (χ0) is 26.1. The second kappa shape index (κ2) is 9.64. The Morgan fingerprint density at radius 3 is 2.26 bits per heavy atom. The first-order chi connectivity index (χ1) is 15.5. The average Bonchev–Trinajstić information content (AvgIpc) is 2.80. The third-order valence-corrected chi connectivity index (χ3v) is 4.75. The molecule has 0 saturated carbocycles. The maximum absolute atomic E-state index is 13.7. The topological polar surface area (TPSA) is 108 Å². The van der Waals surface area contributed by atoms with Crippen LogP contribution in [0.2, 0.25) is 0 Å². The first-order valence-electron chi connectivity index (χ1n) is 9.69. The summed E-state index contributed by atoms with van der Waals surface area (Å²) in [4.78, 5) is 37.6. The summed E-state index contributed by atoms with van der Waals surface area (Å²) in [5.74, 6) is -6.14. The van der Waals surface area contributed by atoms with E-state index in [2.05, 4.69) is 0 Å². The minimum atomic E-state index is -4.96. The molecule has 3 amide bonds. The highest BCUT2D eigenvalue weighted by Crippen LogP contribution is 2.36. The van der Waals surface area contributed by atoms with Gasteiger partial charge in [0.1, 0.15) is 36.8 Å². The molecular weight excluding hydrogens is 483 g/mol. The number of anilines is 1. The smallest absolute Gasteiger partial charge is 0.406 e. The summed E-state index contributed by atoms with van der Waals surface area (Å²) >= 11 is 0. The van der Waals surface area contributed by atoms with Gasteiger partial charge in [0.25, 0.3) is 17.7 Å². The Labute approximate surface area is 188 Å². The maximum Gasteiger partial charge on any atom is 0.406 e. The minimum Gasteiger partial charge on any atom is -0.486 e. The summed E-state index contributed by atoms with van der Waals surface area (Å²) in [6.07, 6.45) is -11.2. The van der Waals surface area contributed by atoms with Crippen LogP contribution in [-0.4, -0.2) is 66.0 Å². The van der Waals surface area contributed by atoms with Crippen molar-refractivity contribution in [3.63, 3.8) is 0 Å². The number of rotatable bonds is 6. The standard InChI is InChI=1S/C19H20F7N3O5/c1-3-11-13(28-16(32)17(2,33)15(31)27-7-18(21,22)23)14(30)29(8-19(24,25)26)10-6-9(20)4-5-12(10)34-11/h4-6,11,13,33H,3,7-8H2,1-2H3,(H,27,31)(H,28,32)/t11-,13+,17+/m1/s1. The van der Waals surface area contributed by atoms with Crippen molar-refractivity contribution in [3.8, 4) is 5.75 Å². The van der Waals surface area contributed by atoms with E-state index >= 15 is 0 Å². The van der Waals surface area contributed by atoms with Gasteiger partial charge in [-0.25, -0.2) is 4.39 Å². The van der Waals surface area contributed by atoms with Gasteiger partial charge in [0.2, 0.25) is 5.60 Å². The number of nitrogens with zero attached hydrogens (tertiary/aromatic N) is 1. The third-order valence-electron chi connectivity index (χ3n) is 4.75. The number of amides is 3. The highest BCUT2D eigenvalue weighted by molar-refractivity contribution is 6.10. The van der Waals surface area contributed by atoms with Crippen LogP contribution >= 0.6 is 0 Å². The van der Waals surface area contributed by atoms with E-state index in [-0.39, 0.29) is 17.1 Å². The molecule has 0 aromatic heterocycles. The zero-order valence-electron chi connectivity index (χ0n) is 17.7. The van der Waals surface area contributed by atoms with Crippen molar-refractivity contribution in [2.45, 2.75) is 50.4 Å². The van der Waals surface area contributed by atoms with Crippen LogP contribution in [0.3, 0.4) is 0 Å². The van der Waals surface area contributed by atoms with Crippen molar-refractivity contribution in [2.75, 3.05) is 18.0 Å². The van der Waals surface area contributed by atoms with Gasteiger partial charge in [0.05, 0.1) is 5.69 Å². The Kier molecular flexibility index (Phi) is 7.70. The highest BCUT2D eigenvalue weighted by Gasteiger charge is 2.47. The molecule has 1 aromatic rings. The first kappa shape index (κ1) is 27.1. The second-order valence-electron chi connectivity index (χ2n) is 7.54. The van der Waals surface area contributed by atoms with Crippen LogP contribution in [0.15, 0.2) is 18.2 Å². The number of carbonyl (C=O) groups is 3. The molecule has 0 unspecified atom stereocenters. The van der Waals surface area contributed by atoms with Gasteiger partial charge in [-0.3, -0.25) is 19.3 Å². The van der Waals surface area contributed by atoms with Crippen LogP contribution in [0, 0.1) is 5.82 Å². The van der Waals surface area contributed by atoms with Crippen LogP contribution in [0.25, 0.3) is 0 Å². The Hall–Kier alpha value is -3.10. The molecule has 0 saturated heterocycles. The number of hydrogen-bond donors (Lipinski definition) is 3. The van der Waals surface area contributed by atoms with Gasteiger partial charge < -0.3 is 20.5 Å². The fourth-order valence-electron chi connectivity index (χ4n) is 3.03. The molecular formula is C19H20F7N3O5. The fourth-order valence-corrected chi connectivity index (χ4v) is 3.03. The van der Waals surface area contributed by atoms with Gasteiger partial charge in [-0.1, -0.05) is 6.92 Å². The molecule has 1 heterocycles. The molecule has 1 aromatic carbocycles. The van der Waals surface area contributed by atoms with Crippen LogP contribution in [-0.2, 0) is 14.4 Å². The normalized spacial score (nSPS) is 20.5. The Morgan fingerprint density at radius 1 is 1.12 bits per heavy atom. The molecule has 0 fully saturated rings. The van der Waals surface area contributed by atoms with E-state index in [1.54, 1.807) is 0 Å². The number of fused-ring (bicyclic) bond motifs is 1. The zero-order valence-corrected chi connectivity index (χ0v) is 17.7. The predicted molar refractivity (Wildman–Crippen MR) is 101 cm³/mol. The number of alkyl halides is 6. The van der Waals surface area contributed by atoms with Crippen LogP contribution < -0.4 is 20.3 Å². The van der Waals surface area contributed by atoms with E-state index in [0.29, 0.717) is 13.0 Å². The SMILES string of the molecule is CC[C@H]1Oc2ccc(F)cc2N(CC(F)(F)F)C(=O)[C@H]1NC(=O)[C@@](C)(O)C(=O)NCC(F)(F)F. The van der Waals surface area contributed by atoms with Gasteiger partial charge in [-0.05, 0) is 25.5 Å². The fraction of sp³-hybridized carbons (Fsp3) is 0.526. The van der Waals surface area contributed by atoms with Crippen molar-refractivity contribution in [1.29, 1.82) is 0 Å². The number of hydrogen-bond acceptors (Lipinski definition) is 5. The summed E-state index contributed by atoms with van der Waals surface area (Å²) in [5, 5.41) is 13.4. The molecule has 0 aliphatic carbocycles. The lowest BCUT2D eigenvalue weighted by Gasteiger charge is -2.30. The number of carbonyl (C=O) groups excluding carboxylic acids is 3. The van der Waals surface area contributed by atoms with Gasteiger partial charge in [-0.2, -0.15) is 26.3 Å². The van der Waals surface area contributed by atoms with E-state index < -0.39 is 72.4 Å². The number of nitrogens with one attached hydrogen (secondary N) is 2. The summed E-state index contributed by atoms with van der Waals surface area (Å²) in [6.45, 7) is -1.79. The third kappa shape index (κ3) is 6.48. The van der Waals surface area contributed by atoms with Crippen molar-refractivity contribution in [2.24, 2.45) is 0 Å². The Morgan fingerprint density at radius 2 is 1.74 bits per heavy atom. The van der Waals surface area contributed by atoms with Crippen molar-refractivity contribution in [3.05, 3.63) is 24.0 Å². The summed E-state index contributed by atoms with van der Waals surface area (Å²) in [6, 6.07) is 0.555. The molecule has 8 nitrogen and oxygen atoms in total. The average molecular weight is 503 g/mol. The minimum absolute atomic E-state index is 0.0875. The van der Waals surface area contributed by atoms with E-state index in [1.165, 1.54) is 12.2 Å². The highest BCUT2D eigenvalue weighted by atomic mass is 19.4. The van der Waals surface area contributed by atoms with E-state index in [0.717, 1.165) is 12.1 Å². The molecule has 0 radical (unpaired) electrons. The molecule has 0 spiro atoms. The Bertz CT molecular complexity index is 949. The lowest BCUT2D eigenvalue weighted by molar-refractivity contribution is -0.159. The number of benzene rings is 1. The van der Waals surface area contributed by atoms with Gasteiger partial charge in [0.15, 0.2) is 0 Å². The summed E-state index contributed by atoms with van der Waals surface area (Å²) in [5.41, 5.74) is -3.71. The van der Waals surface area contributed by atoms with Crippen molar-refractivity contribution < 1.29 is 55.0 Å². The molecule has 15 heteroatoms. The first-order valence-corrected chi connectivity index (χ1v) is 9.69. The molecule has 3 atom stereocenters. The van der Waals surface area contributed by atoms with Crippen LogP contribution in [0.1, 0.15) is 20.3 Å². The molecule has 2 rings (SSSR count). The number of ether oxygens (including phenoxy) is 1. The van der Waals surface area contributed by atoms with Gasteiger partial charge in [-0.15, -0.1) is 0 Å². The number of halogens is 7. The lowest BCUT2D eigenvalue weighted by atomic mass is 10.0. The van der Waals surface area contributed by atoms with Crippen LogP contribution in [0.4, 0.5) is 36.4 Å². The molecule has 1 aliphatic heterocycles. The largest absolute Gasteiger partial charge is 0.486 e. The lowest BCUT2D eigenvalue weighted by Crippen LogP contribution is -2.63. The van der Waals surface area contributed by atoms with Gasteiger partial charge >= 0.3 is 12.4 Å². The second-order valence-corrected chi connectivity index (χ2v) is 7.54. The maximum atomic E-state index is 13.7. The van der Waals surface area contributed by atoms with E-state index in [1.807, 2.05) is 5.32 Å². The Balaban J connectivity index is 2.39. The molecule has 3 N–H and O–H groups in total. The monoisotopic (exact) mass is 503 g/mol. The summed E-state index contributed by atoms with van der Waals surface area (Å²) < 4.78 is 95.8. The predicted octanol–water partition coefficient (Wildman–Crippen LogP) is 1.81. The quantitative estimate of drug-likeness (QED) is 0.406. The van der Waals surface area contributed by atoms with Gasteiger partial charge in [0, 0.05) is 6.07 Å². The van der Waals surface area contributed by atoms with Crippen molar-refractivity contribution >= 4 is 23.4 Å². The molecule has 0 bridgehead atoms. The summed E-state index contributed by atoms with van der Waals surface area (Å²) in [7, 11) is 0.